The van der Waals surface area contributed by atoms with Gasteiger partial charge in [-0.05, 0) is 50.3 Å². The van der Waals surface area contributed by atoms with Crippen LogP contribution in [0.5, 0.6) is 0 Å². The third-order valence-electron chi connectivity index (χ3n) is 4.16. The maximum Gasteiger partial charge on any atom is 0.324 e. The fourth-order valence-electron chi connectivity index (χ4n) is 2.97. The maximum atomic E-state index is 10.8. The van der Waals surface area contributed by atoms with E-state index in [-0.39, 0.29) is 9.92 Å². The first kappa shape index (κ1) is 14.0. The van der Waals surface area contributed by atoms with E-state index in [1.165, 1.54) is 37.0 Å². The van der Waals surface area contributed by atoms with Gasteiger partial charge in [0.25, 0.3) is 0 Å². The number of nitrogens with one attached hydrogen (secondary N) is 1. The number of hydrogen-bond acceptors (Lipinski definition) is 5. The Morgan fingerprint density at radius 3 is 2.90 bits per heavy atom. The first-order valence-corrected chi connectivity index (χ1v) is 8.27. The molecule has 5 nitrogen and oxygen atoms in total. The van der Waals surface area contributed by atoms with Gasteiger partial charge in [0, 0.05) is 30.6 Å². The molecule has 1 aliphatic carbocycles. The van der Waals surface area contributed by atoms with E-state index < -0.39 is 0 Å². The molecular weight excluding hydrogens is 274 g/mol. The molecule has 0 radical (unpaired) electrons. The fourth-order valence-corrected chi connectivity index (χ4v) is 3.69. The highest BCUT2D eigenvalue weighted by Gasteiger charge is 2.31. The Morgan fingerprint density at radius 1 is 1.45 bits per heavy atom. The van der Waals surface area contributed by atoms with Crippen molar-refractivity contribution in [2.24, 2.45) is 5.92 Å². The lowest BCUT2D eigenvalue weighted by Gasteiger charge is -2.30. The van der Waals surface area contributed by atoms with Crippen LogP contribution in [0.1, 0.15) is 31.2 Å². The van der Waals surface area contributed by atoms with Crippen LogP contribution >= 0.6 is 11.3 Å². The summed E-state index contributed by atoms with van der Waals surface area (Å²) in [6, 6.07) is 2.44. The summed E-state index contributed by atoms with van der Waals surface area (Å²) in [6.07, 6.45) is 5.14. The summed E-state index contributed by atoms with van der Waals surface area (Å²) in [5.74, 6) is 0.734. The number of nitro groups is 1. The highest BCUT2D eigenvalue weighted by molar-refractivity contribution is 7.13. The molecule has 1 saturated carbocycles. The summed E-state index contributed by atoms with van der Waals surface area (Å²) >= 11 is 1.24. The summed E-state index contributed by atoms with van der Waals surface area (Å²) in [5.41, 5.74) is 1.09. The monoisotopic (exact) mass is 295 g/mol. The van der Waals surface area contributed by atoms with Gasteiger partial charge >= 0.3 is 5.00 Å². The maximum absolute atomic E-state index is 10.8. The van der Waals surface area contributed by atoms with Gasteiger partial charge < -0.3 is 5.32 Å². The molecule has 2 heterocycles. The molecule has 1 N–H and O–H groups in total. The van der Waals surface area contributed by atoms with E-state index in [0.29, 0.717) is 6.04 Å². The standard InChI is InChI=1S/C14H21N3O2S/c18-17(19)14-6-12(10-20-14)9-16(13-3-4-13)8-11-2-1-5-15-7-11/h6,10-11,13,15H,1-5,7-9H2. The van der Waals surface area contributed by atoms with Gasteiger partial charge in [0.15, 0.2) is 0 Å². The second-order valence-electron chi connectivity index (χ2n) is 5.92. The summed E-state index contributed by atoms with van der Waals surface area (Å²) < 4.78 is 0. The van der Waals surface area contributed by atoms with Crippen molar-refractivity contribution in [3.63, 3.8) is 0 Å². The Hall–Kier alpha value is -0.980. The lowest BCUT2D eigenvalue weighted by atomic mass is 9.99. The molecule has 0 amide bonds. The number of hydrogen-bond donors (Lipinski definition) is 1. The van der Waals surface area contributed by atoms with Gasteiger partial charge in [0.1, 0.15) is 0 Å². The largest absolute Gasteiger partial charge is 0.324 e. The van der Waals surface area contributed by atoms with Gasteiger partial charge in [-0.2, -0.15) is 0 Å². The van der Waals surface area contributed by atoms with Crippen LogP contribution in [-0.4, -0.2) is 35.5 Å². The van der Waals surface area contributed by atoms with E-state index in [1.807, 2.05) is 5.38 Å². The smallest absolute Gasteiger partial charge is 0.316 e. The van der Waals surface area contributed by atoms with Crippen LogP contribution in [0.25, 0.3) is 0 Å². The summed E-state index contributed by atoms with van der Waals surface area (Å²) in [4.78, 5) is 13.0. The van der Waals surface area contributed by atoms with Crippen LogP contribution in [-0.2, 0) is 6.54 Å². The third-order valence-corrected chi connectivity index (χ3v) is 5.09. The van der Waals surface area contributed by atoms with E-state index in [1.54, 1.807) is 6.07 Å². The molecule has 2 aliphatic rings. The second-order valence-corrected chi connectivity index (χ2v) is 6.81. The highest BCUT2D eigenvalue weighted by Crippen LogP contribution is 2.31. The van der Waals surface area contributed by atoms with E-state index in [2.05, 4.69) is 10.2 Å². The zero-order valence-corrected chi connectivity index (χ0v) is 12.4. The van der Waals surface area contributed by atoms with E-state index in [0.717, 1.165) is 37.7 Å². The van der Waals surface area contributed by atoms with Crippen molar-refractivity contribution in [3.8, 4) is 0 Å². The van der Waals surface area contributed by atoms with Gasteiger partial charge in [0.2, 0.25) is 0 Å². The molecule has 1 atom stereocenters. The van der Waals surface area contributed by atoms with Gasteiger partial charge in [-0.1, -0.05) is 11.3 Å². The minimum atomic E-state index is -0.291. The number of rotatable bonds is 6. The van der Waals surface area contributed by atoms with Gasteiger partial charge in [-0.15, -0.1) is 0 Å². The van der Waals surface area contributed by atoms with Crippen molar-refractivity contribution < 1.29 is 4.92 Å². The van der Waals surface area contributed by atoms with Crippen LogP contribution in [0, 0.1) is 16.0 Å². The molecule has 6 heteroatoms. The van der Waals surface area contributed by atoms with E-state index in [9.17, 15) is 10.1 Å². The average molecular weight is 295 g/mol. The first-order chi connectivity index (χ1) is 9.72. The molecule has 110 valence electrons. The van der Waals surface area contributed by atoms with Crippen LogP contribution in [0.2, 0.25) is 0 Å². The summed E-state index contributed by atoms with van der Waals surface area (Å²) in [7, 11) is 0. The Bertz CT molecular complexity index is 467. The van der Waals surface area contributed by atoms with Crippen molar-refractivity contribution >= 4 is 16.3 Å². The number of piperidine rings is 1. The highest BCUT2D eigenvalue weighted by atomic mass is 32.1. The molecular formula is C14H21N3O2S. The molecule has 1 saturated heterocycles. The number of thiophene rings is 1. The third kappa shape index (κ3) is 3.56. The molecule has 1 aromatic heterocycles. The second kappa shape index (κ2) is 6.20. The van der Waals surface area contributed by atoms with Crippen LogP contribution < -0.4 is 5.32 Å². The molecule has 20 heavy (non-hydrogen) atoms. The first-order valence-electron chi connectivity index (χ1n) is 7.39. The quantitative estimate of drug-likeness (QED) is 0.647. The lowest BCUT2D eigenvalue weighted by molar-refractivity contribution is -0.380. The zero-order chi connectivity index (χ0) is 13.9. The molecule has 2 fully saturated rings. The lowest BCUT2D eigenvalue weighted by Crippen LogP contribution is -2.38. The zero-order valence-electron chi connectivity index (χ0n) is 11.6. The van der Waals surface area contributed by atoms with Crippen molar-refractivity contribution in [2.75, 3.05) is 19.6 Å². The van der Waals surface area contributed by atoms with Gasteiger partial charge in [-0.3, -0.25) is 15.0 Å². The van der Waals surface area contributed by atoms with Crippen molar-refractivity contribution in [1.29, 1.82) is 0 Å². The molecule has 0 aromatic carbocycles. The predicted octanol–water partition coefficient (Wildman–Crippen LogP) is 2.62. The Kier molecular flexibility index (Phi) is 4.33. The van der Waals surface area contributed by atoms with Crippen molar-refractivity contribution in [2.45, 2.75) is 38.3 Å². The molecule has 1 unspecified atom stereocenters. The van der Waals surface area contributed by atoms with Crippen LogP contribution in [0.4, 0.5) is 5.00 Å². The normalized spacial score (nSPS) is 23.1. The van der Waals surface area contributed by atoms with Crippen molar-refractivity contribution in [3.05, 3.63) is 27.1 Å². The summed E-state index contributed by atoms with van der Waals surface area (Å²) in [5, 5.41) is 16.4. The average Bonchev–Trinajstić information content (AvgIpc) is 3.19. The fraction of sp³-hybridized carbons (Fsp3) is 0.714. The van der Waals surface area contributed by atoms with E-state index in [4.69, 9.17) is 0 Å². The van der Waals surface area contributed by atoms with Crippen molar-refractivity contribution in [1.82, 2.24) is 10.2 Å². The molecule has 1 aromatic rings. The van der Waals surface area contributed by atoms with Gasteiger partial charge in [0.05, 0.1) is 4.92 Å². The Labute approximate surface area is 123 Å². The Balaban J connectivity index is 1.59. The molecule has 0 bridgehead atoms. The van der Waals surface area contributed by atoms with Gasteiger partial charge in [-0.25, -0.2) is 0 Å². The minimum absolute atomic E-state index is 0.259. The SMILES string of the molecule is O=[N+]([O-])c1cc(CN(CC2CCCNC2)C2CC2)cs1. The topological polar surface area (TPSA) is 58.4 Å². The van der Waals surface area contributed by atoms with E-state index >= 15 is 0 Å². The van der Waals surface area contributed by atoms with Crippen LogP contribution in [0.15, 0.2) is 11.4 Å². The minimum Gasteiger partial charge on any atom is -0.316 e. The predicted molar refractivity (Wildman–Crippen MR) is 80.0 cm³/mol. The van der Waals surface area contributed by atoms with Crippen LogP contribution in [0.3, 0.4) is 0 Å². The molecule has 3 rings (SSSR count). The molecule has 0 spiro atoms. The Morgan fingerprint density at radius 2 is 2.30 bits per heavy atom. The summed E-state index contributed by atoms with van der Waals surface area (Å²) in [6.45, 7) is 4.26. The number of nitrogens with zero attached hydrogens (tertiary/aromatic N) is 2. The molecule has 1 aliphatic heterocycles.